The Bertz CT molecular complexity index is 1240. The second kappa shape index (κ2) is 10.9. The van der Waals surface area contributed by atoms with Gasteiger partial charge in [-0.3, -0.25) is 14.5 Å². The molecule has 0 saturated heterocycles. The summed E-state index contributed by atoms with van der Waals surface area (Å²) in [4.78, 5) is 39.8. The number of alkyl halides is 3. The van der Waals surface area contributed by atoms with Gasteiger partial charge in [0.15, 0.2) is 0 Å². The van der Waals surface area contributed by atoms with Crippen LogP contribution in [0.15, 0.2) is 42.5 Å². The van der Waals surface area contributed by atoms with Crippen LogP contribution >= 0.6 is 0 Å². The number of anilines is 2. The van der Waals surface area contributed by atoms with Crippen LogP contribution in [-0.2, 0) is 32.0 Å². The van der Waals surface area contributed by atoms with Gasteiger partial charge in [-0.2, -0.15) is 13.2 Å². The van der Waals surface area contributed by atoms with Gasteiger partial charge < -0.3 is 14.4 Å². The Labute approximate surface area is 225 Å². The molecule has 2 atom stereocenters. The van der Waals surface area contributed by atoms with Crippen LogP contribution in [0, 0.1) is 5.92 Å². The molecule has 2 aromatic rings. The molecule has 1 aliphatic carbocycles. The molecule has 2 unspecified atom stereocenters. The van der Waals surface area contributed by atoms with Crippen LogP contribution in [0.4, 0.5) is 29.3 Å². The Kier molecular flexibility index (Phi) is 7.95. The summed E-state index contributed by atoms with van der Waals surface area (Å²) in [7, 11) is 0. The predicted octanol–water partition coefficient (Wildman–Crippen LogP) is 6.14. The quantitative estimate of drug-likeness (QED) is 0.407. The van der Waals surface area contributed by atoms with Gasteiger partial charge in [-0.1, -0.05) is 30.3 Å². The molecular weight excluding hydrogens is 513 g/mol. The van der Waals surface area contributed by atoms with Crippen molar-refractivity contribution in [2.45, 2.75) is 71.2 Å². The fourth-order valence-electron chi connectivity index (χ4n) is 4.94. The minimum atomic E-state index is -5.11. The first-order valence-electron chi connectivity index (χ1n) is 13.1. The molecule has 0 N–H and O–H groups in total. The maximum absolute atomic E-state index is 13.7. The van der Waals surface area contributed by atoms with E-state index in [1.54, 1.807) is 52.0 Å². The maximum atomic E-state index is 13.7. The lowest BCUT2D eigenvalue weighted by Crippen LogP contribution is -2.43. The average Bonchev–Trinajstić information content (AvgIpc) is 3.66. The Morgan fingerprint density at radius 2 is 1.74 bits per heavy atom. The van der Waals surface area contributed by atoms with Crippen molar-refractivity contribution in [2.24, 2.45) is 5.92 Å². The maximum Gasteiger partial charge on any atom is 0.471 e. The van der Waals surface area contributed by atoms with E-state index in [2.05, 4.69) is 0 Å². The molecule has 0 radical (unpaired) electrons. The third-order valence-electron chi connectivity index (χ3n) is 6.74. The highest BCUT2D eigenvalue weighted by atomic mass is 19.4. The molecule has 0 aromatic heterocycles. The van der Waals surface area contributed by atoms with Gasteiger partial charge in [-0.15, -0.1) is 0 Å². The average molecular weight is 547 g/mol. The number of benzene rings is 2. The summed E-state index contributed by atoms with van der Waals surface area (Å²) in [5.74, 6) is -2.63. The molecule has 0 spiro atoms. The molecular formula is C29H33F3N2O5. The molecule has 10 heteroatoms. The van der Waals surface area contributed by atoms with Gasteiger partial charge >= 0.3 is 24.1 Å². The standard InChI is InChI=1S/C29H33F3N2O5/c1-5-38-25(35)23-16-22(23)18-11-13-21(14-12-18)34(26(36)29(30,31)32)17-20-9-6-8-19-10-7-15-33(24(19)20)27(37)39-28(2,3)4/h6,8-9,11-14,22-23H,5,7,10,15-17H2,1-4H3. The minimum Gasteiger partial charge on any atom is -0.466 e. The molecule has 1 saturated carbocycles. The zero-order chi connectivity index (χ0) is 28.5. The summed E-state index contributed by atoms with van der Waals surface area (Å²) in [6.45, 7) is 7.19. The van der Waals surface area contributed by atoms with Crippen molar-refractivity contribution in [3.63, 3.8) is 0 Å². The number of hydrogen-bond donors (Lipinski definition) is 0. The number of hydrogen-bond acceptors (Lipinski definition) is 5. The van der Waals surface area contributed by atoms with Gasteiger partial charge in [0.2, 0.25) is 0 Å². The largest absolute Gasteiger partial charge is 0.471 e. The molecule has 210 valence electrons. The number of fused-ring (bicyclic) bond motifs is 1. The number of para-hydroxylation sites is 1. The Hall–Kier alpha value is -3.56. The van der Waals surface area contributed by atoms with Crippen LogP contribution in [0.1, 0.15) is 63.1 Å². The molecule has 7 nitrogen and oxygen atoms in total. The first kappa shape index (κ1) is 28.4. The lowest BCUT2D eigenvalue weighted by atomic mass is 9.97. The van der Waals surface area contributed by atoms with Gasteiger partial charge in [-0.05, 0) is 81.7 Å². The van der Waals surface area contributed by atoms with Crippen molar-refractivity contribution < 1.29 is 37.0 Å². The SMILES string of the molecule is CCOC(=O)C1CC1c1ccc(N(Cc2cccc3c2N(C(=O)OC(C)(C)C)CCC3)C(=O)C(F)(F)F)cc1. The highest BCUT2D eigenvalue weighted by Crippen LogP contribution is 2.48. The minimum absolute atomic E-state index is 0.0617. The normalized spacial score (nSPS) is 18.7. The van der Waals surface area contributed by atoms with Gasteiger partial charge in [0.1, 0.15) is 5.60 Å². The Morgan fingerprint density at radius 3 is 2.36 bits per heavy atom. The second-order valence-corrected chi connectivity index (χ2v) is 10.8. The monoisotopic (exact) mass is 546 g/mol. The molecule has 0 bridgehead atoms. The number of nitrogens with zero attached hydrogens (tertiary/aromatic N) is 2. The van der Waals surface area contributed by atoms with E-state index in [1.807, 2.05) is 6.07 Å². The number of ether oxygens (including phenoxy) is 2. The molecule has 1 aliphatic heterocycles. The van der Waals surface area contributed by atoms with Crippen molar-refractivity contribution in [3.8, 4) is 0 Å². The van der Waals surface area contributed by atoms with E-state index in [0.717, 1.165) is 11.1 Å². The number of esters is 1. The second-order valence-electron chi connectivity index (χ2n) is 10.8. The zero-order valence-electron chi connectivity index (χ0n) is 22.5. The fraction of sp³-hybridized carbons (Fsp3) is 0.483. The van der Waals surface area contributed by atoms with Crippen molar-refractivity contribution in [3.05, 3.63) is 59.2 Å². The van der Waals surface area contributed by atoms with E-state index in [-0.39, 0.29) is 30.1 Å². The smallest absolute Gasteiger partial charge is 0.466 e. The number of amides is 2. The molecule has 1 fully saturated rings. The van der Waals surface area contributed by atoms with Crippen LogP contribution in [0.3, 0.4) is 0 Å². The summed E-state index contributed by atoms with van der Waals surface area (Å²) in [5.41, 5.74) is 1.79. The molecule has 2 amide bonds. The number of rotatable bonds is 6. The number of aryl methyl sites for hydroxylation is 1. The number of halogens is 3. The Morgan fingerprint density at radius 1 is 1.05 bits per heavy atom. The van der Waals surface area contributed by atoms with Crippen molar-refractivity contribution >= 4 is 29.3 Å². The van der Waals surface area contributed by atoms with Crippen LogP contribution in [-0.4, -0.2) is 42.9 Å². The highest BCUT2D eigenvalue weighted by molar-refractivity contribution is 5.98. The third-order valence-corrected chi connectivity index (χ3v) is 6.74. The highest BCUT2D eigenvalue weighted by Gasteiger charge is 2.46. The number of carbonyl (C=O) groups is 3. The van der Waals surface area contributed by atoms with E-state index in [9.17, 15) is 27.6 Å². The Balaban J connectivity index is 1.64. The van der Waals surface area contributed by atoms with Crippen LogP contribution in [0.5, 0.6) is 0 Å². The van der Waals surface area contributed by atoms with Crippen molar-refractivity contribution in [1.82, 2.24) is 0 Å². The van der Waals surface area contributed by atoms with Gasteiger partial charge in [0.25, 0.3) is 0 Å². The third kappa shape index (κ3) is 6.54. The summed E-state index contributed by atoms with van der Waals surface area (Å²) < 4.78 is 51.8. The van der Waals surface area contributed by atoms with Crippen LogP contribution in [0.25, 0.3) is 0 Å². The molecule has 2 aromatic carbocycles. The van der Waals surface area contributed by atoms with E-state index in [0.29, 0.717) is 42.0 Å². The summed E-state index contributed by atoms with van der Waals surface area (Å²) in [6, 6.07) is 11.4. The van der Waals surface area contributed by atoms with Crippen molar-refractivity contribution in [1.29, 1.82) is 0 Å². The van der Waals surface area contributed by atoms with E-state index < -0.39 is 30.3 Å². The lowest BCUT2D eigenvalue weighted by molar-refractivity contribution is -0.170. The fourth-order valence-corrected chi connectivity index (χ4v) is 4.94. The lowest BCUT2D eigenvalue weighted by Gasteiger charge is -2.34. The topological polar surface area (TPSA) is 76.2 Å². The van der Waals surface area contributed by atoms with Gasteiger partial charge in [-0.25, -0.2) is 4.79 Å². The van der Waals surface area contributed by atoms with Crippen molar-refractivity contribution in [2.75, 3.05) is 23.0 Å². The van der Waals surface area contributed by atoms with Crippen LogP contribution < -0.4 is 9.80 Å². The summed E-state index contributed by atoms with van der Waals surface area (Å²) in [6.07, 6.45) is -3.76. The first-order chi connectivity index (χ1) is 18.3. The number of carbonyl (C=O) groups excluding carboxylic acids is 3. The van der Waals surface area contributed by atoms with Gasteiger partial charge in [0.05, 0.1) is 24.8 Å². The predicted molar refractivity (Wildman–Crippen MR) is 140 cm³/mol. The summed E-state index contributed by atoms with van der Waals surface area (Å²) >= 11 is 0. The van der Waals surface area contributed by atoms with E-state index in [4.69, 9.17) is 9.47 Å². The first-order valence-corrected chi connectivity index (χ1v) is 13.1. The molecule has 4 rings (SSSR count). The van der Waals surface area contributed by atoms with Crippen LogP contribution in [0.2, 0.25) is 0 Å². The molecule has 39 heavy (non-hydrogen) atoms. The van der Waals surface area contributed by atoms with E-state index >= 15 is 0 Å². The zero-order valence-corrected chi connectivity index (χ0v) is 22.5. The molecule has 1 heterocycles. The van der Waals surface area contributed by atoms with Gasteiger partial charge in [0, 0.05) is 12.2 Å². The molecule has 2 aliphatic rings. The summed E-state index contributed by atoms with van der Waals surface area (Å²) in [5, 5.41) is 0. The van der Waals surface area contributed by atoms with E-state index in [1.165, 1.54) is 17.0 Å².